The van der Waals surface area contributed by atoms with Crippen LogP contribution in [0.3, 0.4) is 0 Å². The van der Waals surface area contributed by atoms with Gasteiger partial charge < -0.3 is 9.84 Å². The fourth-order valence-electron chi connectivity index (χ4n) is 0.976. The smallest absolute Gasteiger partial charge is 0.341 e. The van der Waals surface area contributed by atoms with Gasteiger partial charge in [-0.1, -0.05) is 6.07 Å². The van der Waals surface area contributed by atoms with Gasteiger partial charge in [0, 0.05) is 18.0 Å². The Kier molecular flexibility index (Phi) is 3.67. The average molecular weight is 193 g/mol. The molecule has 0 aliphatic carbocycles. The van der Waals surface area contributed by atoms with Gasteiger partial charge in [0.25, 0.3) is 0 Å². The van der Waals surface area contributed by atoms with Crippen molar-refractivity contribution in [2.24, 2.45) is 0 Å². The van der Waals surface area contributed by atoms with Gasteiger partial charge in [-0.3, -0.25) is 4.98 Å². The number of ether oxygens (including phenoxy) is 1. The van der Waals surface area contributed by atoms with Crippen LogP contribution in [-0.4, -0.2) is 22.7 Å². The molecule has 0 unspecified atom stereocenters. The second kappa shape index (κ2) is 5.01. The van der Waals surface area contributed by atoms with Crippen molar-refractivity contribution in [2.75, 3.05) is 6.61 Å². The lowest BCUT2D eigenvalue weighted by Crippen LogP contribution is -2.07. The summed E-state index contributed by atoms with van der Waals surface area (Å²) in [6, 6.07) is 3.35. The van der Waals surface area contributed by atoms with Gasteiger partial charge in [0.05, 0.1) is 12.9 Å². The zero-order valence-corrected chi connectivity index (χ0v) is 7.80. The Balaban J connectivity index is 2.89. The molecule has 74 valence electrons. The number of aliphatic hydroxyl groups excluding tert-OH is 1. The highest BCUT2D eigenvalue weighted by atomic mass is 16.5. The third-order valence-corrected chi connectivity index (χ3v) is 1.60. The number of carbonyl (C=O) groups is 1. The Morgan fingerprint density at radius 3 is 3.00 bits per heavy atom. The first-order valence-electron chi connectivity index (χ1n) is 4.21. The lowest BCUT2D eigenvalue weighted by Gasteiger charge is -2.04. The largest absolute Gasteiger partial charge is 0.515 e. The van der Waals surface area contributed by atoms with Crippen molar-refractivity contribution in [1.29, 1.82) is 0 Å². The van der Waals surface area contributed by atoms with Crippen molar-refractivity contribution in [2.45, 2.75) is 6.92 Å². The van der Waals surface area contributed by atoms with E-state index in [0.29, 0.717) is 5.56 Å². The molecule has 4 heteroatoms. The van der Waals surface area contributed by atoms with Gasteiger partial charge in [0.2, 0.25) is 0 Å². The third-order valence-electron chi connectivity index (χ3n) is 1.60. The minimum Gasteiger partial charge on any atom is -0.515 e. The number of aromatic nitrogens is 1. The Morgan fingerprint density at radius 2 is 2.50 bits per heavy atom. The molecule has 4 nitrogen and oxygen atoms in total. The fraction of sp³-hybridized carbons (Fsp3) is 0.200. The van der Waals surface area contributed by atoms with Crippen LogP contribution in [0.2, 0.25) is 0 Å². The van der Waals surface area contributed by atoms with E-state index >= 15 is 0 Å². The molecule has 0 bridgehead atoms. The van der Waals surface area contributed by atoms with Crippen LogP contribution in [0, 0.1) is 0 Å². The first-order chi connectivity index (χ1) is 6.79. The van der Waals surface area contributed by atoms with E-state index in [4.69, 9.17) is 9.84 Å². The molecule has 0 saturated heterocycles. The maximum atomic E-state index is 11.3. The zero-order chi connectivity index (χ0) is 10.4. The lowest BCUT2D eigenvalue weighted by atomic mass is 10.1. The third kappa shape index (κ3) is 2.32. The van der Waals surface area contributed by atoms with E-state index in [1.807, 2.05) is 0 Å². The Hall–Kier alpha value is -1.84. The molecule has 1 N–H and O–H groups in total. The molecule has 0 aliphatic rings. The van der Waals surface area contributed by atoms with Crippen LogP contribution in [0.5, 0.6) is 0 Å². The molecule has 1 heterocycles. The molecule has 1 aromatic rings. The molecule has 1 rings (SSSR count). The summed E-state index contributed by atoms with van der Waals surface area (Å²) in [7, 11) is 0. The highest BCUT2D eigenvalue weighted by molar-refractivity contribution is 6.15. The van der Waals surface area contributed by atoms with E-state index in [9.17, 15) is 4.79 Å². The van der Waals surface area contributed by atoms with Crippen LogP contribution in [0.25, 0.3) is 5.57 Å². The van der Waals surface area contributed by atoms with Crippen LogP contribution in [0.4, 0.5) is 0 Å². The van der Waals surface area contributed by atoms with E-state index < -0.39 is 5.97 Å². The van der Waals surface area contributed by atoms with E-state index in [1.165, 1.54) is 6.20 Å². The monoisotopic (exact) mass is 193 g/mol. The summed E-state index contributed by atoms with van der Waals surface area (Å²) < 4.78 is 4.75. The van der Waals surface area contributed by atoms with E-state index in [0.717, 1.165) is 6.26 Å². The quantitative estimate of drug-likeness (QED) is 0.449. The van der Waals surface area contributed by atoms with Crippen molar-refractivity contribution in [1.82, 2.24) is 4.98 Å². The van der Waals surface area contributed by atoms with Gasteiger partial charge in [-0.05, 0) is 13.0 Å². The molecule has 0 saturated carbocycles. The highest BCUT2D eigenvalue weighted by Gasteiger charge is 2.12. The van der Waals surface area contributed by atoms with Crippen LogP contribution in [0.1, 0.15) is 12.5 Å². The molecular formula is C10H11NO3. The number of pyridine rings is 1. The number of hydrogen-bond acceptors (Lipinski definition) is 4. The molecule has 0 aromatic carbocycles. The number of rotatable bonds is 3. The molecule has 0 aliphatic heterocycles. The van der Waals surface area contributed by atoms with Gasteiger partial charge in [-0.2, -0.15) is 0 Å². The second-order valence-corrected chi connectivity index (χ2v) is 2.50. The normalized spacial score (nSPS) is 11.1. The van der Waals surface area contributed by atoms with Gasteiger partial charge >= 0.3 is 5.97 Å². The summed E-state index contributed by atoms with van der Waals surface area (Å²) in [6.07, 6.45) is 3.80. The molecule has 0 atom stereocenters. The van der Waals surface area contributed by atoms with Crippen molar-refractivity contribution in [3.05, 3.63) is 36.4 Å². The van der Waals surface area contributed by atoms with E-state index in [1.54, 1.807) is 25.3 Å². The predicted molar refractivity (Wildman–Crippen MR) is 51.5 cm³/mol. The highest BCUT2D eigenvalue weighted by Crippen LogP contribution is 2.13. The summed E-state index contributed by atoms with van der Waals surface area (Å²) in [5.74, 6) is -0.553. The number of nitrogens with zero attached hydrogens (tertiary/aromatic N) is 1. The Morgan fingerprint density at radius 1 is 1.71 bits per heavy atom. The topological polar surface area (TPSA) is 59.4 Å². The Labute approximate surface area is 81.9 Å². The van der Waals surface area contributed by atoms with Gasteiger partial charge in [-0.25, -0.2) is 4.79 Å². The molecule has 0 amide bonds. The number of esters is 1. The molecule has 0 spiro atoms. The summed E-state index contributed by atoms with van der Waals surface area (Å²) in [6.45, 7) is 1.98. The van der Waals surface area contributed by atoms with Crippen LogP contribution in [0.15, 0.2) is 30.8 Å². The second-order valence-electron chi connectivity index (χ2n) is 2.50. The molecule has 14 heavy (non-hydrogen) atoms. The summed E-state index contributed by atoms with van der Waals surface area (Å²) in [5.41, 5.74) is 0.647. The standard InChI is InChI=1S/C10H11NO3/c1-2-14-10(13)9(7-12)8-4-3-5-11-6-8/h3-7,12H,2H2,1H3/b9-7+. The molecule has 1 aromatic heterocycles. The number of aliphatic hydroxyl groups is 1. The molecular weight excluding hydrogens is 182 g/mol. The van der Waals surface area contributed by atoms with Gasteiger partial charge in [0.15, 0.2) is 0 Å². The Bertz CT molecular complexity index is 332. The minimum absolute atomic E-state index is 0.111. The van der Waals surface area contributed by atoms with Crippen molar-refractivity contribution in [3.63, 3.8) is 0 Å². The summed E-state index contributed by atoms with van der Waals surface area (Å²) in [5, 5.41) is 8.89. The van der Waals surface area contributed by atoms with E-state index in [2.05, 4.69) is 4.98 Å². The van der Waals surface area contributed by atoms with Crippen molar-refractivity contribution < 1.29 is 14.6 Å². The maximum Gasteiger partial charge on any atom is 0.341 e. The number of hydrogen-bond donors (Lipinski definition) is 1. The van der Waals surface area contributed by atoms with Gasteiger partial charge in [-0.15, -0.1) is 0 Å². The zero-order valence-electron chi connectivity index (χ0n) is 7.80. The van der Waals surface area contributed by atoms with E-state index in [-0.39, 0.29) is 12.2 Å². The maximum absolute atomic E-state index is 11.3. The first-order valence-corrected chi connectivity index (χ1v) is 4.21. The van der Waals surface area contributed by atoms with Crippen molar-refractivity contribution >= 4 is 11.5 Å². The predicted octanol–water partition coefficient (Wildman–Crippen LogP) is 1.54. The van der Waals surface area contributed by atoms with Gasteiger partial charge in [0.1, 0.15) is 5.57 Å². The first kappa shape index (κ1) is 10.2. The molecule has 0 fully saturated rings. The van der Waals surface area contributed by atoms with Crippen molar-refractivity contribution in [3.8, 4) is 0 Å². The van der Waals surface area contributed by atoms with Crippen LogP contribution in [-0.2, 0) is 9.53 Å². The summed E-state index contributed by atoms with van der Waals surface area (Å²) in [4.78, 5) is 15.1. The summed E-state index contributed by atoms with van der Waals surface area (Å²) >= 11 is 0. The van der Waals surface area contributed by atoms with Crippen LogP contribution < -0.4 is 0 Å². The fourth-order valence-corrected chi connectivity index (χ4v) is 0.976. The van der Waals surface area contributed by atoms with Crippen LogP contribution >= 0.6 is 0 Å². The minimum atomic E-state index is -0.553. The molecule has 0 radical (unpaired) electrons. The average Bonchev–Trinajstić information content (AvgIpc) is 2.21. The number of carbonyl (C=O) groups excluding carboxylic acids is 1. The lowest BCUT2D eigenvalue weighted by molar-refractivity contribution is -0.136. The SMILES string of the molecule is CCOC(=O)/C(=C/O)c1cccnc1.